The SMILES string of the molecule is O=C(NC1CCN2CCCC2C1)c1ccc2c(c1)NCC2. The van der Waals surface area contributed by atoms with E-state index in [1.807, 2.05) is 12.1 Å². The van der Waals surface area contributed by atoms with Crippen molar-refractivity contribution in [2.45, 2.75) is 44.2 Å². The van der Waals surface area contributed by atoms with Crippen molar-refractivity contribution in [3.05, 3.63) is 29.3 Å². The Labute approximate surface area is 125 Å². The van der Waals surface area contributed by atoms with E-state index in [4.69, 9.17) is 0 Å². The van der Waals surface area contributed by atoms with Gasteiger partial charge in [-0.1, -0.05) is 6.07 Å². The van der Waals surface area contributed by atoms with Gasteiger partial charge in [0.15, 0.2) is 0 Å². The van der Waals surface area contributed by atoms with Crippen LogP contribution < -0.4 is 10.6 Å². The molecule has 3 heterocycles. The minimum absolute atomic E-state index is 0.0861. The second-order valence-electron chi connectivity index (χ2n) is 6.58. The standard InChI is InChI=1S/C17H23N3O/c21-17(13-4-3-12-5-7-18-16(12)10-13)19-14-6-9-20-8-1-2-15(20)11-14/h3-4,10,14-15,18H,1-2,5-9,11H2,(H,19,21). The molecule has 4 rings (SSSR count). The number of fused-ring (bicyclic) bond motifs is 2. The number of amides is 1. The average Bonchev–Trinajstić information content (AvgIpc) is 3.14. The van der Waals surface area contributed by atoms with Gasteiger partial charge in [-0.2, -0.15) is 0 Å². The van der Waals surface area contributed by atoms with Crippen molar-refractivity contribution in [1.82, 2.24) is 10.2 Å². The number of rotatable bonds is 2. The van der Waals surface area contributed by atoms with E-state index in [-0.39, 0.29) is 5.91 Å². The van der Waals surface area contributed by atoms with Crippen LogP contribution in [0, 0.1) is 0 Å². The quantitative estimate of drug-likeness (QED) is 0.873. The van der Waals surface area contributed by atoms with E-state index in [0.29, 0.717) is 12.1 Å². The number of nitrogens with one attached hydrogen (secondary N) is 2. The minimum atomic E-state index is 0.0861. The lowest BCUT2D eigenvalue weighted by molar-refractivity contribution is 0.0896. The molecule has 21 heavy (non-hydrogen) atoms. The van der Waals surface area contributed by atoms with Gasteiger partial charge in [0.05, 0.1) is 0 Å². The van der Waals surface area contributed by atoms with Crippen LogP contribution in [-0.2, 0) is 6.42 Å². The summed E-state index contributed by atoms with van der Waals surface area (Å²) in [6, 6.07) is 7.10. The van der Waals surface area contributed by atoms with Crippen LogP contribution in [0.2, 0.25) is 0 Å². The van der Waals surface area contributed by atoms with E-state index in [9.17, 15) is 4.79 Å². The van der Waals surface area contributed by atoms with Crippen LogP contribution in [0.25, 0.3) is 0 Å². The maximum absolute atomic E-state index is 12.5. The van der Waals surface area contributed by atoms with Crippen molar-refractivity contribution in [2.24, 2.45) is 0 Å². The highest BCUT2D eigenvalue weighted by Gasteiger charge is 2.32. The highest BCUT2D eigenvalue weighted by molar-refractivity contribution is 5.95. The maximum Gasteiger partial charge on any atom is 0.251 e. The van der Waals surface area contributed by atoms with Gasteiger partial charge in [-0.25, -0.2) is 0 Å². The fourth-order valence-corrected chi connectivity index (χ4v) is 4.06. The second kappa shape index (κ2) is 5.34. The van der Waals surface area contributed by atoms with Gasteiger partial charge in [0.1, 0.15) is 0 Å². The predicted molar refractivity (Wildman–Crippen MR) is 83.7 cm³/mol. The highest BCUT2D eigenvalue weighted by Crippen LogP contribution is 2.27. The topological polar surface area (TPSA) is 44.4 Å². The highest BCUT2D eigenvalue weighted by atomic mass is 16.1. The third kappa shape index (κ3) is 2.53. The summed E-state index contributed by atoms with van der Waals surface area (Å²) in [4.78, 5) is 15.0. The van der Waals surface area contributed by atoms with Gasteiger partial charge in [-0.05, 0) is 56.3 Å². The van der Waals surface area contributed by atoms with Gasteiger partial charge in [-0.15, -0.1) is 0 Å². The van der Waals surface area contributed by atoms with Gasteiger partial charge in [0.2, 0.25) is 0 Å². The number of nitrogens with zero attached hydrogens (tertiary/aromatic N) is 1. The first-order valence-electron chi connectivity index (χ1n) is 8.21. The Kier molecular flexibility index (Phi) is 3.34. The summed E-state index contributed by atoms with van der Waals surface area (Å²) in [6.45, 7) is 3.38. The lowest BCUT2D eigenvalue weighted by Gasteiger charge is -2.35. The van der Waals surface area contributed by atoms with Crippen molar-refractivity contribution in [2.75, 3.05) is 25.0 Å². The monoisotopic (exact) mass is 285 g/mol. The minimum Gasteiger partial charge on any atom is -0.384 e. The zero-order valence-electron chi connectivity index (χ0n) is 12.4. The second-order valence-corrected chi connectivity index (χ2v) is 6.58. The van der Waals surface area contributed by atoms with Crippen LogP contribution in [0.15, 0.2) is 18.2 Å². The maximum atomic E-state index is 12.5. The Morgan fingerprint density at radius 3 is 3.19 bits per heavy atom. The van der Waals surface area contributed by atoms with Gasteiger partial charge < -0.3 is 15.5 Å². The first-order chi connectivity index (χ1) is 10.3. The molecule has 0 aliphatic carbocycles. The number of benzene rings is 1. The molecule has 3 aliphatic heterocycles. The molecule has 0 bridgehead atoms. The molecule has 1 aromatic rings. The largest absolute Gasteiger partial charge is 0.384 e. The Hall–Kier alpha value is -1.55. The average molecular weight is 285 g/mol. The first kappa shape index (κ1) is 13.1. The molecule has 2 atom stereocenters. The number of carbonyl (C=O) groups excluding carboxylic acids is 1. The molecule has 0 radical (unpaired) electrons. The molecule has 112 valence electrons. The summed E-state index contributed by atoms with van der Waals surface area (Å²) < 4.78 is 0. The van der Waals surface area contributed by atoms with Crippen LogP contribution in [0.3, 0.4) is 0 Å². The van der Waals surface area contributed by atoms with Crippen LogP contribution in [0.4, 0.5) is 5.69 Å². The molecule has 0 saturated carbocycles. The van der Waals surface area contributed by atoms with E-state index in [2.05, 4.69) is 21.6 Å². The van der Waals surface area contributed by atoms with Crippen molar-refractivity contribution in [3.63, 3.8) is 0 Å². The smallest absolute Gasteiger partial charge is 0.251 e. The van der Waals surface area contributed by atoms with E-state index < -0.39 is 0 Å². The van der Waals surface area contributed by atoms with E-state index in [1.165, 1.54) is 24.9 Å². The van der Waals surface area contributed by atoms with E-state index in [1.54, 1.807) is 0 Å². The molecular weight excluding hydrogens is 262 g/mol. The summed E-state index contributed by atoms with van der Waals surface area (Å²) in [6.07, 6.45) is 5.90. The lowest BCUT2D eigenvalue weighted by atomic mass is 9.97. The molecule has 1 amide bonds. The zero-order chi connectivity index (χ0) is 14.2. The Bertz CT molecular complexity index is 557. The molecule has 2 N–H and O–H groups in total. The van der Waals surface area contributed by atoms with Crippen molar-refractivity contribution in [3.8, 4) is 0 Å². The molecule has 2 saturated heterocycles. The molecule has 2 fully saturated rings. The normalized spacial score (nSPS) is 27.8. The van der Waals surface area contributed by atoms with Gasteiger partial charge >= 0.3 is 0 Å². The number of anilines is 1. The number of hydrogen-bond acceptors (Lipinski definition) is 3. The summed E-state index contributed by atoms with van der Waals surface area (Å²) in [5.41, 5.74) is 3.25. The summed E-state index contributed by atoms with van der Waals surface area (Å²) in [5.74, 6) is 0.0861. The van der Waals surface area contributed by atoms with Crippen LogP contribution in [-0.4, -0.2) is 42.5 Å². The molecule has 3 aliphatic rings. The Balaban J connectivity index is 1.41. The van der Waals surface area contributed by atoms with E-state index in [0.717, 1.165) is 43.6 Å². The molecule has 0 aromatic heterocycles. The molecule has 4 nitrogen and oxygen atoms in total. The van der Waals surface area contributed by atoms with Crippen molar-refractivity contribution in [1.29, 1.82) is 0 Å². The van der Waals surface area contributed by atoms with Crippen LogP contribution >= 0.6 is 0 Å². The van der Waals surface area contributed by atoms with Crippen molar-refractivity contribution < 1.29 is 4.79 Å². The fourth-order valence-electron chi connectivity index (χ4n) is 4.06. The molecular formula is C17H23N3O. The van der Waals surface area contributed by atoms with Gasteiger partial charge in [-0.3, -0.25) is 4.79 Å². The molecule has 2 unspecified atom stereocenters. The van der Waals surface area contributed by atoms with Crippen molar-refractivity contribution >= 4 is 11.6 Å². The number of hydrogen-bond donors (Lipinski definition) is 2. The number of piperidine rings is 1. The molecule has 4 heteroatoms. The molecule has 0 spiro atoms. The molecule has 1 aromatic carbocycles. The van der Waals surface area contributed by atoms with E-state index >= 15 is 0 Å². The number of carbonyl (C=O) groups is 1. The fraction of sp³-hybridized carbons (Fsp3) is 0.588. The van der Waals surface area contributed by atoms with Gasteiger partial charge in [0, 0.05) is 36.4 Å². The third-order valence-corrected chi connectivity index (χ3v) is 5.24. The summed E-state index contributed by atoms with van der Waals surface area (Å²) in [5, 5.41) is 6.59. The summed E-state index contributed by atoms with van der Waals surface area (Å²) in [7, 11) is 0. The predicted octanol–water partition coefficient (Wildman–Crippen LogP) is 2.01. The zero-order valence-corrected chi connectivity index (χ0v) is 12.4. The van der Waals surface area contributed by atoms with Crippen LogP contribution in [0.1, 0.15) is 41.6 Å². The Morgan fingerprint density at radius 1 is 1.29 bits per heavy atom. The third-order valence-electron chi connectivity index (χ3n) is 5.24. The van der Waals surface area contributed by atoms with Gasteiger partial charge in [0.25, 0.3) is 5.91 Å². The Morgan fingerprint density at radius 2 is 2.24 bits per heavy atom. The summed E-state index contributed by atoms with van der Waals surface area (Å²) >= 11 is 0. The van der Waals surface area contributed by atoms with Crippen LogP contribution in [0.5, 0.6) is 0 Å². The lowest BCUT2D eigenvalue weighted by Crippen LogP contribution is -2.47. The first-order valence-corrected chi connectivity index (χ1v) is 8.21.